The van der Waals surface area contributed by atoms with Gasteiger partial charge in [0.2, 0.25) is 5.91 Å². The van der Waals surface area contributed by atoms with Crippen LogP contribution >= 0.6 is 0 Å². The van der Waals surface area contributed by atoms with Crippen molar-refractivity contribution in [3.05, 3.63) is 18.2 Å². The predicted molar refractivity (Wildman–Crippen MR) is 77.0 cm³/mol. The molecule has 1 aromatic rings. The second-order valence-electron chi connectivity index (χ2n) is 6.54. The van der Waals surface area contributed by atoms with Crippen LogP contribution in [0.4, 0.5) is 0 Å². The highest BCUT2D eigenvalue weighted by molar-refractivity contribution is 5.77. The maximum Gasteiger partial charge on any atom is 0.223 e. The molecule has 2 atom stereocenters. The van der Waals surface area contributed by atoms with Crippen LogP contribution in [-0.4, -0.2) is 32.9 Å². The molecular formula is C15H24N4O. The van der Waals surface area contributed by atoms with E-state index in [9.17, 15) is 4.79 Å². The number of nitrogens with zero attached hydrogens (tertiary/aromatic N) is 3. The number of carbonyl (C=O) groups excluding carboxylic acids is 1. The van der Waals surface area contributed by atoms with E-state index < -0.39 is 0 Å². The molecule has 2 N–H and O–H groups in total. The summed E-state index contributed by atoms with van der Waals surface area (Å²) in [5.74, 6) is 0.679. The summed E-state index contributed by atoms with van der Waals surface area (Å²) in [7, 11) is 0. The van der Waals surface area contributed by atoms with Crippen LogP contribution in [0.3, 0.4) is 0 Å². The van der Waals surface area contributed by atoms with Crippen LogP contribution in [0.5, 0.6) is 0 Å². The Hall–Kier alpha value is -1.36. The third kappa shape index (κ3) is 2.46. The Morgan fingerprint density at radius 2 is 2.15 bits per heavy atom. The summed E-state index contributed by atoms with van der Waals surface area (Å²) in [6, 6.07) is 0.569. The molecule has 0 radical (unpaired) electrons. The van der Waals surface area contributed by atoms with Crippen molar-refractivity contribution in [3.63, 3.8) is 0 Å². The van der Waals surface area contributed by atoms with E-state index in [0.29, 0.717) is 18.4 Å². The molecule has 1 aliphatic carbocycles. The highest BCUT2D eigenvalue weighted by Gasteiger charge is 2.38. The van der Waals surface area contributed by atoms with Gasteiger partial charge in [-0.05, 0) is 25.2 Å². The van der Waals surface area contributed by atoms with Crippen molar-refractivity contribution in [2.45, 2.75) is 57.7 Å². The lowest BCUT2D eigenvalue weighted by atomic mass is 9.93. The summed E-state index contributed by atoms with van der Waals surface area (Å²) < 4.78 is 2.23. The van der Waals surface area contributed by atoms with E-state index in [4.69, 9.17) is 5.73 Å². The number of rotatable bonds is 4. The monoisotopic (exact) mass is 276 g/mol. The zero-order valence-corrected chi connectivity index (χ0v) is 12.3. The van der Waals surface area contributed by atoms with E-state index >= 15 is 0 Å². The molecule has 2 unspecified atom stereocenters. The van der Waals surface area contributed by atoms with Gasteiger partial charge in [0.15, 0.2) is 0 Å². The van der Waals surface area contributed by atoms with Crippen LogP contribution in [-0.2, 0) is 4.79 Å². The lowest BCUT2D eigenvalue weighted by Gasteiger charge is -2.40. The quantitative estimate of drug-likeness (QED) is 0.913. The molecule has 1 aromatic heterocycles. The van der Waals surface area contributed by atoms with Crippen molar-refractivity contribution in [1.82, 2.24) is 14.5 Å². The third-order valence-electron chi connectivity index (χ3n) is 4.25. The minimum atomic E-state index is -0.0123. The van der Waals surface area contributed by atoms with Gasteiger partial charge in [-0.15, -0.1) is 0 Å². The molecule has 20 heavy (non-hydrogen) atoms. The van der Waals surface area contributed by atoms with Crippen LogP contribution in [0.2, 0.25) is 0 Å². The average molecular weight is 276 g/mol. The van der Waals surface area contributed by atoms with Crippen molar-refractivity contribution in [3.8, 4) is 0 Å². The number of imidazole rings is 1. The van der Waals surface area contributed by atoms with E-state index in [-0.39, 0.29) is 18.0 Å². The van der Waals surface area contributed by atoms with Crippen LogP contribution in [0, 0.1) is 5.92 Å². The first-order valence-electron chi connectivity index (χ1n) is 7.64. The van der Waals surface area contributed by atoms with Crippen molar-refractivity contribution in [1.29, 1.82) is 0 Å². The normalized spacial score (nSPS) is 27.4. The van der Waals surface area contributed by atoms with Crippen molar-refractivity contribution in [2.24, 2.45) is 11.7 Å². The third-order valence-corrected chi connectivity index (χ3v) is 4.25. The number of nitrogens with two attached hydrogens (primary N) is 1. The molecule has 1 amide bonds. The smallest absolute Gasteiger partial charge is 0.223 e. The number of piperidine rings is 1. The van der Waals surface area contributed by atoms with Crippen LogP contribution in [0.25, 0.3) is 0 Å². The molecule has 0 aromatic carbocycles. The predicted octanol–water partition coefficient (Wildman–Crippen LogP) is 1.86. The lowest BCUT2D eigenvalue weighted by molar-refractivity contribution is -0.138. The van der Waals surface area contributed by atoms with Gasteiger partial charge in [0, 0.05) is 25.0 Å². The zero-order valence-electron chi connectivity index (χ0n) is 12.3. The van der Waals surface area contributed by atoms with Crippen molar-refractivity contribution < 1.29 is 4.79 Å². The Labute approximate surface area is 120 Å². The van der Waals surface area contributed by atoms with Gasteiger partial charge in [0.1, 0.15) is 0 Å². The van der Waals surface area contributed by atoms with E-state index in [0.717, 1.165) is 18.7 Å². The number of likely N-dealkylation sites (tertiary alicyclic amines) is 1. The average Bonchev–Trinajstić information content (AvgIpc) is 3.13. The van der Waals surface area contributed by atoms with Gasteiger partial charge in [0.25, 0.3) is 0 Å². The molecule has 5 nitrogen and oxygen atoms in total. The number of aromatic nitrogens is 2. The van der Waals surface area contributed by atoms with Gasteiger partial charge in [-0.1, -0.05) is 13.8 Å². The largest absolute Gasteiger partial charge is 0.332 e. The summed E-state index contributed by atoms with van der Waals surface area (Å²) in [5, 5.41) is 0. The van der Waals surface area contributed by atoms with Gasteiger partial charge in [-0.25, -0.2) is 4.98 Å². The van der Waals surface area contributed by atoms with Gasteiger partial charge >= 0.3 is 0 Å². The molecule has 2 fully saturated rings. The summed E-state index contributed by atoms with van der Waals surface area (Å²) in [6.07, 6.45) is 7.56. The molecule has 3 rings (SSSR count). The fourth-order valence-electron chi connectivity index (χ4n) is 3.17. The maximum absolute atomic E-state index is 12.3. The van der Waals surface area contributed by atoms with Crippen molar-refractivity contribution in [2.75, 3.05) is 6.54 Å². The molecule has 2 aliphatic rings. The number of carbonyl (C=O) groups is 1. The first kappa shape index (κ1) is 13.6. The fourth-order valence-corrected chi connectivity index (χ4v) is 3.17. The second kappa shape index (κ2) is 5.20. The lowest BCUT2D eigenvalue weighted by Crippen LogP contribution is -2.50. The summed E-state index contributed by atoms with van der Waals surface area (Å²) >= 11 is 0. The Morgan fingerprint density at radius 3 is 2.80 bits per heavy atom. The molecule has 5 heteroatoms. The van der Waals surface area contributed by atoms with E-state index in [1.165, 1.54) is 12.8 Å². The fraction of sp³-hybridized carbons (Fsp3) is 0.733. The highest BCUT2D eigenvalue weighted by atomic mass is 16.2. The molecule has 2 heterocycles. The van der Waals surface area contributed by atoms with Crippen LogP contribution < -0.4 is 5.73 Å². The molecule has 0 bridgehead atoms. The Bertz CT molecular complexity index is 492. The standard InChI is InChI=1S/C15H24N4O/c1-10(2)8-18-14(20)6-5-12(16)15(18)13-7-17-9-19(13)11-3-4-11/h7,9-12,15H,3-6,8,16H2,1-2H3. The number of hydrogen-bond donors (Lipinski definition) is 1. The maximum atomic E-state index is 12.3. The molecule has 1 saturated carbocycles. The molecule has 1 aliphatic heterocycles. The second-order valence-corrected chi connectivity index (χ2v) is 6.54. The highest BCUT2D eigenvalue weighted by Crippen LogP contribution is 2.39. The van der Waals surface area contributed by atoms with Gasteiger partial charge < -0.3 is 15.2 Å². The van der Waals surface area contributed by atoms with E-state index in [2.05, 4.69) is 23.4 Å². The van der Waals surface area contributed by atoms with Crippen LogP contribution in [0.1, 0.15) is 57.3 Å². The Balaban J connectivity index is 1.92. The van der Waals surface area contributed by atoms with Gasteiger partial charge in [-0.3, -0.25) is 4.79 Å². The molecule has 110 valence electrons. The SMILES string of the molecule is CC(C)CN1C(=O)CCC(N)C1c1cncn1C1CC1. The zero-order chi connectivity index (χ0) is 14.3. The molecule has 1 saturated heterocycles. The topological polar surface area (TPSA) is 64.2 Å². The first-order valence-corrected chi connectivity index (χ1v) is 7.64. The molecule has 0 spiro atoms. The molecular weight excluding hydrogens is 252 g/mol. The number of hydrogen-bond acceptors (Lipinski definition) is 3. The minimum Gasteiger partial charge on any atom is -0.332 e. The summed E-state index contributed by atoms with van der Waals surface area (Å²) in [6.45, 7) is 5.05. The Kier molecular flexibility index (Phi) is 3.54. The minimum absolute atomic E-state index is 0.0123. The first-order chi connectivity index (χ1) is 9.58. The summed E-state index contributed by atoms with van der Waals surface area (Å²) in [4.78, 5) is 18.6. The van der Waals surface area contributed by atoms with Gasteiger partial charge in [-0.2, -0.15) is 0 Å². The Morgan fingerprint density at radius 1 is 1.40 bits per heavy atom. The van der Waals surface area contributed by atoms with Crippen LogP contribution in [0.15, 0.2) is 12.5 Å². The van der Waals surface area contributed by atoms with E-state index in [1.54, 1.807) is 0 Å². The van der Waals surface area contributed by atoms with E-state index in [1.807, 2.05) is 17.4 Å². The van der Waals surface area contributed by atoms with Crippen molar-refractivity contribution >= 4 is 5.91 Å². The number of amides is 1. The van der Waals surface area contributed by atoms with Gasteiger partial charge in [0.05, 0.1) is 24.3 Å². The summed E-state index contributed by atoms with van der Waals surface area (Å²) in [5.41, 5.74) is 7.47.